The fourth-order valence-electron chi connectivity index (χ4n) is 5.42. The Labute approximate surface area is 191 Å². The van der Waals surface area contributed by atoms with E-state index in [0.717, 1.165) is 53.8 Å². The van der Waals surface area contributed by atoms with Crippen molar-refractivity contribution in [2.45, 2.75) is 18.3 Å². The first-order valence-electron chi connectivity index (χ1n) is 11.5. The van der Waals surface area contributed by atoms with Crippen molar-refractivity contribution in [3.8, 4) is 5.75 Å². The van der Waals surface area contributed by atoms with E-state index in [1.807, 2.05) is 91.0 Å². The van der Waals surface area contributed by atoms with Gasteiger partial charge in [-0.05, 0) is 23.3 Å². The van der Waals surface area contributed by atoms with Gasteiger partial charge in [0, 0.05) is 18.8 Å². The van der Waals surface area contributed by atoms with Crippen molar-refractivity contribution in [1.29, 1.82) is 0 Å². The molecule has 0 aliphatic carbocycles. The van der Waals surface area contributed by atoms with Crippen LogP contribution in [0.4, 0.5) is 0 Å². The van der Waals surface area contributed by atoms with Crippen molar-refractivity contribution < 1.29 is 14.0 Å². The maximum atomic E-state index is 13.2. The van der Waals surface area contributed by atoms with E-state index in [4.69, 9.17) is 10.5 Å². The first-order valence-corrected chi connectivity index (χ1v) is 11.5. The van der Waals surface area contributed by atoms with Gasteiger partial charge < -0.3 is 15.0 Å². The number of rotatable bonds is 9. The van der Waals surface area contributed by atoms with Crippen LogP contribution in [-0.2, 0) is 10.2 Å². The second kappa shape index (κ2) is 9.58. The monoisotopic (exact) mass is 429 g/mol. The fourth-order valence-corrected chi connectivity index (χ4v) is 5.42. The van der Waals surface area contributed by atoms with Crippen LogP contribution < -0.4 is 10.5 Å². The number of ether oxygens (including phenoxy) is 1. The molecule has 0 saturated carbocycles. The van der Waals surface area contributed by atoms with Crippen LogP contribution in [0.5, 0.6) is 5.75 Å². The summed E-state index contributed by atoms with van der Waals surface area (Å²) in [6.07, 6.45) is 1.93. The van der Waals surface area contributed by atoms with Gasteiger partial charge in [-0.3, -0.25) is 4.79 Å². The number of likely N-dealkylation sites (tertiary alicyclic amines) is 1. The summed E-state index contributed by atoms with van der Waals surface area (Å²) in [4.78, 5) is 13.2. The van der Waals surface area contributed by atoms with Gasteiger partial charge >= 0.3 is 0 Å². The molecule has 1 amide bonds. The predicted molar refractivity (Wildman–Crippen MR) is 128 cm³/mol. The van der Waals surface area contributed by atoms with Gasteiger partial charge in [-0.2, -0.15) is 0 Å². The Balaban J connectivity index is 1.54. The van der Waals surface area contributed by atoms with E-state index < -0.39 is 5.41 Å². The summed E-state index contributed by atoms with van der Waals surface area (Å²) in [7, 11) is 2.30. The first-order chi connectivity index (χ1) is 15.5. The van der Waals surface area contributed by atoms with Crippen molar-refractivity contribution >= 4 is 5.91 Å². The molecule has 0 aromatic heterocycles. The van der Waals surface area contributed by atoms with E-state index in [0.29, 0.717) is 6.61 Å². The number of hydrogen-bond acceptors (Lipinski definition) is 2. The van der Waals surface area contributed by atoms with E-state index in [9.17, 15) is 4.79 Å². The van der Waals surface area contributed by atoms with Crippen LogP contribution in [0.15, 0.2) is 91.0 Å². The minimum Gasteiger partial charge on any atom is -0.493 e. The number of nitrogens with two attached hydrogens (primary N) is 1. The molecule has 3 aromatic rings. The zero-order valence-electron chi connectivity index (χ0n) is 18.8. The summed E-state index contributed by atoms with van der Waals surface area (Å²) in [5.74, 6) is 0.793. The van der Waals surface area contributed by atoms with Gasteiger partial charge in [0.15, 0.2) is 0 Å². The second-order valence-electron chi connectivity index (χ2n) is 9.15. The molecule has 4 nitrogen and oxygen atoms in total. The molecule has 1 unspecified atom stereocenters. The van der Waals surface area contributed by atoms with Crippen LogP contribution >= 0.6 is 0 Å². The third-order valence-electron chi connectivity index (χ3n) is 6.99. The van der Waals surface area contributed by atoms with Crippen molar-refractivity contribution in [2.24, 2.45) is 11.7 Å². The van der Waals surface area contributed by atoms with Crippen LogP contribution in [0.2, 0.25) is 0 Å². The van der Waals surface area contributed by atoms with E-state index in [-0.39, 0.29) is 11.8 Å². The van der Waals surface area contributed by atoms with Gasteiger partial charge in [0.25, 0.3) is 0 Å². The van der Waals surface area contributed by atoms with Crippen LogP contribution in [0.3, 0.4) is 0 Å². The summed E-state index contributed by atoms with van der Waals surface area (Å²) in [6.45, 7) is 3.66. The molecule has 0 radical (unpaired) electrons. The minimum absolute atomic E-state index is 0.143. The summed E-state index contributed by atoms with van der Waals surface area (Å²) in [5, 5.41) is 0. The Morgan fingerprint density at radius 3 is 2.00 bits per heavy atom. The van der Waals surface area contributed by atoms with Crippen LogP contribution in [-0.4, -0.2) is 43.7 Å². The molecule has 1 saturated heterocycles. The number of carbonyl (C=O) groups excluding carboxylic acids is 1. The summed E-state index contributed by atoms with van der Waals surface area (Å²) in [5.41, 5.74) is 7.38. The SMILES string of the molecule is C[N+]1(CCCOc2ccccc2)CC[C@H](C(C(N)=O)(c2ccccc2)c2ccccc2)C1. The van der Waals surface area contributed by atoms with Crippen LogP contribution in [0.1, 0.15) is 24.0 Å². The molecule has 1 heterocycles. The van der Waals surface area contributed by atoms with Gasteiger partial charge in [0.05, 0.1) is 33.3 Å². The fraction of sp³-hybridized carbons (Fsp3) is 0.321. The van der Waals surface area contributed by atoms with Crippen molar-refractivity contribution in [1.82, 2.24) is 0 Å². The number of quaternary nitrogens is 1. The van der Waals surface area contributed by atoms with Gasteiger partial charge in [-0.1, -0.05) is 78.9 Å². The molecule has 2 N–H and O–H groups in total. The zero-order valence-corrected chi connectivity index (χ0v) is 18.8. The van der Waals surface area contributed by atoms with Crippen LogP contribution in [0, 0.1) is 5.92 Å². The third-order valence-corrected chi connectivity index (χ3v) is 6.99. The molecule has 0 bridgehead atoms. The molecular formula is C28H33N2O2+. The molecule has 4 rings (SSSR count). The molecule has 4 heteroatoms. The Morgan fingerprint density at radius 2 is 1.47 bits per heavy atom. The average molecular weight is 430 g/mol. The lowest BCUT2D eigenvalue weighted by Gasteiger charge is -2.38. The number of para-hydroxylation sites is 1. The van der Waals surface area contributed by atoms with Gasteiger partial charge in [0.1, 0.15) is 11.2 Å². The van der Waals surface area contributed by atoms with Crippen molar-refractivity contribution in [3.63, 3.8) is 0 Å². The Morgan fingerprint density at radius 1 is 0.938 bits per heavy atom. The molecule has 3 aromatic carbocycles. The number of amides is 1. The quantitative estimate of drug-likeness (QED) is 0.405. The van der Waals surface area contributed by atoms with Gasteiger partial charge in [-0.25, -0.2) is 0 Å². The highest BCUT2D eigenvalue weighted by molar-refractivity contribution is 5.91. The molecule has 1 aliphatic rings. The lowest BCUT2D eigenvalue weighted by Crippen LogP contribution is -2.51. The maximum absolute atomic E-state index is 13.2. The lowest BCUT2D eigenvalue weighted by molar-refractivity contribution is -0.899. The lowest BCUT2D eigenvalue weighted by atomic mass is 9.64. The molecule has 32 heavy (non-hydrogen) atoms. The van der Waals surface area contributed by atoms with Crippen molar-refractivity contribution in [2.75, 3.05) is 33.3 Å². The molecule has 1 aliphatic heterocycles. The highest BCUT2D eigenvalue weighted by Crippen LogP contribution is 2.45. The molecule has 166 valence electrons. The second-order valence-corrected chi connectivity index (χ2v) is 9.15. The van der Waals surface area contributed by atoms with Gasteiger partial charge in [0.2, 0.25) is 5.91 Å². The third kappa shape index (κ3) is 4.42. The van der Waals surface area contributed by atoms with E-state index in [2.05, 4.69) is 7.05 Å². The minimum atomic E-state index is -0.820. The Kier molecular flexibility index (Phi) is 6.61. The number of primary amides is 1. The molecular weight excluding hydrogens is 396 g/mol. The Hall–Kier alpha value is -3.11. The van der Waals surface area contributed by atoms with Crippen molar-refractivity contribution in [3.05, 3.63) is 102 Å². The number of nitrogens with zero attached hydrogens (tertiary/aromatic N) is 1. The number of hydrogen-bond donors (Lipinski definition) is 1. The Bertz CT molecular complexity index is 968. The highest BCUT2D eigenvalue weighted by Gasteiger charge is 2.53. The van der Waals surface area contributed by atoms with E-state index >= 15 is 0 Å². The average Bonchev–Trinajstić information content (AvgIpc) is 3.21. The summed E-state index contributed by atoms with van der Waals surface area (Å²) >= 11 is 0. The zero-order chi connectivity index (χ0) is 22.4. The highest BCUT2D eigenvalue weighted by atomic mass is 16.5. The first kappa shape index (κ1) is 22.1. The van der Waals surface area contributed by atoms with Crippen LogP contribution in [0.25, 0.3) is 0 Å². The normalized spacial score (nSPS) is 20.7. The smallest absolute Gasteiger partial charge is 0.233 e. The maximum Gasteiger partial charge on any atom is 0.233 e. The summed E-state index contributed by atoms with van der Waals surface area (Å²) in [6, 6.07) is 30.1. The van der Waals surface area contributed by atoms with E-state index in [1.54, 1.807) is 0 Å². The molecule has 0 spiro atoms. The van der Waals surface area contributed by atoms with Gasteiger partial charge in [-0.15, -0.1) is 0 Å². The summed E-state index contributed by atoms with van der Waals surface area (Å²) < 4.78 is 6.83. The standard InChI is InChI=1S/C28H32N2O2/c1-30(19-11-21-32-26-16-9-4-10-17-26)20-18-25(22-30)28(27(29)31,23-12-5-2-6-13-23)24-14-7-3-8-15-24/h2-10,12-17,25H,11,18-22H2,1H3,(H-,29,31)/p+1/t25-,30?/m0/s1. The molecule has 1 fully saturated rings. The number of carbonyl (C=O) groups is 1. The number of benzene rings is 3. The largest absolute Gasteiger partial charge is 0.493 e. The van der Waals surface area contributed by atoms with E-state index in [1.165, 1.54) is 0 Å². The topological polar surface area (TPSA) is 52.3 Å². The predicted octanol–water partition coefficient (Wildman–Crippen LogP) is 4.39. The molecule has 2 atom stereocenters.